The molecule has 0 aromatic carbocycles. The normalized spacial score (nSPS) is 11.2. The fourth-order valence-electron chi connectivity index (χ4n) is 2.06. The number of aliphatic hydroxyl groups is 1. The summed E-state index contributed by atoms with van der Waals surface area (Å²) in [4.78, 5) is 31.3. The van der Waals surface area contributed by atoms with Gasteiger partial charge in [0.1, 0.15) is 0 Å². The molecule has 0 aliphatic rings. The van der Waals surface area contributed by atoms with Crippen molar-refractivity contribution in [3.63, 3.8) is 0 Å². The van der Waals surface area contributed by atoms with Crippen LogP contribution in [0.15, 0.2) is 9.59 Å². The first-order valence-electron chi connectivity index (χ1n) is 6.63. The molecule has 21 heavy (non-hydrogen) atoms. The molecule has 116 valence electrons. The molecule has 0 saturated heterocycles. The van der Waals surface area contributed by atoms with Crippen molar-refractivity contribution < 1.29 is 9.84 Å². The molecule has 0 spiro atoms. The molecule has 9 nitrogen and oxygen atoms in total. The second-order valence-corrected chi connectivity index (χ2v) is 4.58. The Morgan fingerprint density at radius 1 is 1.43 bits per heavy atom. The Morgan fingerprint density at radius 3 is 2.86 bits per heavy atom. The number of imidazole rings is 1. The molecule has 2 aromatic rings. The summed E-state index contributed by atoms with van der Waals surface area (Å²) >= 11 is 0. The zero-order valence-corrected chi connectivity index (χ0v) is 12.0. The molecule has 2 heterocycles. The van der Waals surface area contributed by atoms with Crippen LogP contribution in [0.1, 0.15) is 6.42 Å². The number of H-pyrrole nitrogens is 1. The molecule has 2 rings (SSSR count). The Bertz CT molecular complexity index is 730. The van der Waals surface area contributed by atoms with Gasteiger partial charge in [0.25, 0.3) is 5.56 Å². The third-order valence-corrected chi connectivity index (χ3v) is 3.11. The maximum atomic E-state index is 12.2. The number of fused-ring (bicyclic) bond motifs is 1. The molecule has 2 aromatic heterocycles. The summed E-state index contributed by atoms with van der Waals surface area (Å²) in [5.74, 6) is 0.349. The van der Waals surface area contributed by atoms with E-state index in [9.17, 15) is 9.59 Å². The van der Waals surface area contributed by atoms with Crippen LogP contribution >= 0.6 is 0 Å². The standard InChI is InChI=1S/C12H19N5O4/c1-16-10(19)8-9(15-11(14-8)13-4-6-18)17(12(16)20)5-3-7-21-2/h18H,3-7H2,1-2H3,(H2,13,14,15). The first-order valence-corrected chi connectivity index (χ1v) is 6.63. The molecule has 0 amide bonds. The third kappa shape index (κ3) is 2.98. The Morgan fingerprint density at radius 2 is 2.19 bits per heavy atom. The molecular formula is C12H19N5O4. The minimum atomic E-state index is -0.428. The number of aromatic amines is 1. The van der Waals surface area contributed by atoms with E-state index in [1.807, 2.05) is 0 Å². The summed E-state index contributed by atoms with van der Waals surface area (Å²) < 4.78 is 7.46. The highest BCUT2D eigenvalue weighted by Crippen LogP contribution is 2.09. The van der Waals surface area contributed by atoms with Crippen molar-refractivity contribution in [3.05, 3.63) is 20.8 Å². The smallest absolute Gasteiger partial charge is 0.332 e. The predicted octanol–water partition coefficient (Wildman–Crippen LogP) is -1.14. The van der Waals surface area contributed by atoms with Gasteiger partial charge in [-0.3, -0.25) is 13.9 Å². The lowest BCUT2D eigenvalue weighted by Gasteiger charge is -2.07. The van der Waals surface area contributed by atoms with Crippen LogP contribution in [0.25, 0.3) is 11.2 Å². The Kier molecular flexibility index (Phi) is 4.76. The quantitative estimate of drug-likeness (QED) is 0.557. The topological polar surface area (TPSA) is 114 Å². The van der Waals surface area contributed by atoms with Crippen LogP contribution in [-0.2, 0) is 18.3 Å². The summed E-state index contributed by atoms with van der Waals surface area (Å²) in [6, 6.07) is 0. The van der Waals surface area contributed by atoms with Gasteiger partial charge in [-0.2, -0.15) is 4.98 Å². The van der Waals surface area contributed by atoms with Crippen LogP contribution in [0.5, 0.6) is 0 Å². The van der Waals surface area contributed by atoms with E-state index in [1.165, 1.54) is 11.6 Å². The van der Waals surface area contributed by atoms with Crippen molar-refractivity contribution in [1.29, 1.82) is 0 Å². The molecular weight excluding hydrogens is 278 g/mol. The van der Waals surface area contributed by atoms with Gasteiger partial charge in [0.05, 0.1) is 6.61 Å². The van der Waals surface area contributed by atoms with Crippen LogP contribution in [0.4, 0.5) is 5.95 Å². The number of ether oxygens (including phenoxy) is 1. The van der Waals surface area contributed by atoms with E-state index in [0.717, 1.165) is 4.57 Å². The van der Waals surface area contributed by atoms with Gasteiger partial charge in [-0.15, -0.1) is 0 Å². The summed E-state index contributed by atoms with van der Waals surface area (Å²) in [5.41, 5.74) is -0.277. The molecule has 0 aliphatic heterocycles. The first kappa shape index (κ1) is 15.3. The molecule has 0 fully saturated rings. The van der Waals surface area contributed by atoms with E-state index in [1.54, 1.807) is 7.11 Å². The van der Waals surface area contributed by atoms with Crippen LogP contribution < -0.4 is 16.6 Å². The molecule has 0 radical (unpaired) electrons. The number of nitrogens with zero attached hydrogens (tertiary/aromatic N) is 3. The van der Waals surface area contributed by atoms with Crippen molar-refractivity contribution in [2.75, 3.05) is 32.2 Å². The maximum absolute atomic E-state index is 12.2. The number of aryl methyl sites for hydroxylation is 1. The zero-order valence-electron chi connectivity index (χ0n) is 12.0. The number of rotatable bonds is 7. The van der Waals surface area contributed by atoms with Crippen molar-refractivity contribution in [2.45, 2.75) is 13.0 Å². The number of hydrogen-bond donors (Lipinski definition) is 3. The molecule has 0 bridgehead atoms. The zero-order chi connectivity index (χ0) is 15.4. The fourth-order valence-corrected chi connectivity index (χ4v) is 2.06. The highest BCUT2D eigenvalue weighted by molar-refractivity contribution is 5.72. The van der Waals surface area contributed by atoms with Crippen LogP contribution in [0.2, 0.25) is 0 Å². The van der Waals surface area contributed by atoms with Crippen LogP contribution in [0.3, 0.4) is 0 Å². The molecule has 0 aliphatic carbocycles. The lowest BCUT2D eigenvalue weighted by molar-refractivity contribution is 0.190. The van der Waals surface area contributed by atoms with Crippen LogP contribution in [-0.4, -0.2) is 51.1 Å². The van der Waals surface area contributed by atoms with Gasteiger partial charge in [-0.25, -0.2) is 4.79 Å². The van der Waals surface area contributed by atoms with Gasteiger partial charge in [0, 0.05) is 33.9 Å². The Hall–Kier alpha value is -2.13. The maximum Gasteiger partial charge on any atom is 0.332 e. The lowest BCUT2D eigenvalue weighted by atomic mass is 10.4. The number of aliphatic hydroxyl groups excluding tert-OH is 1. The summed E-state index contributed by atoms with van der Waals surface area (Å²) in [6.07, 6.45) is 0.635. The molecule has 0 atom stereocenters. The number of methoxy groups -OCH3 is 1. The largest absolute Gasteiger partial charge is 0.395 e. The van der Waals surface area contributed by atoms with Crippen molar-refractivity contribution in [3.8, 4) is 0 Å². The van der Waals surface area contributed by atoms with Gasteiger partial charge in [-0.1, -0.05) is 0 Å². The van der Waals surface area contributed by atoms with Crippen molar-refractivity contribution >= 4 is 17.1 Å². The highest BCUT2D eigenvalue weighted by atomic mass is 16.5. The SMILES string of the molecule is COCCCn1c(=O)n(C)c(=O)c2[nH]c(NCCO)nc21. The van der Waals surface area contributed by atoms with E-state index in [-0.39, 0.29) is 12.1 Å². The lowest BCUT2D eigenvalue weighted by Crippen LogP contribution is -2.38. The van der Waals surface area contributed by atoms with Crippen molar-refractivity contribution in [2.24, 2.45) is 7.05 Å². The van der Waals surface area contributed by atoms with Gasteiger partial charge in [0.2, 0.25) is 5.95 Å². The fraction of sp³-hybridized carbons (Fsp3) is 0.583. The second kappa shape index (κ2) is 6.55. The predicted molar refractivity (Wildman–Crippen MR) is 77.7 cm³/mol. The first-order chi connectivity index (χ1) is 10.1. The van der Waals surface area contributed by atoms with Gasteiger partial charge in [0.15, 0.2) is 11.2 Å². The van der Waals surface area contributed by atoms with E-state index < -0.39 is 11.2 Å². The number of hydrogen-bond acceptors (Lipinski definition) is 6. The minimum Gasteiger partial charge on any atom is -0.395 e. The second-order valence-electron chi connectivity index (χ2n) is 4.58. The summed E-state index contributed by atoms with van der Waals surface area (Å²) in [6.45, 7) is 1.15. The van der Waals surface area contributed by atoms with Gasteiger partial charge >= 0.3 is 5.69 Å². The monoisotopic (exact) mass is 297 g/mol. The van der Waals surface area contributed by atoms with E-state index in [2.05, 4.69) is 15.3 Å². The summed E-state index contributed by atoms with van der Waals surface area (Å²) in [7, 11) is 3.02. The molecule has 0 saturated carbocycles. The third-order valence-electron chi connectivity index (χ3n) is 3.11. The molecule has 9 heteroatoms. The summed E-state index contributed by atoms with van der Waals surface area (Å²) in [5, 5.41) is 11.6. The Labute approximate surface area is 120 Å². The van der Waals surface area contributed by atoms with Gasteiger partial charge < -0.3 is 20.1 Å². The number of anilines is 1. The number of nitrogens with one attached hydrogen (secondary N) is 2. The van der Waals surface area contributed by atoms with Gasteiger partial charge in [-0.05, 0) is 6.42 Å². The van der Waals surface area contributed by atoms with Crippen molar-refractivity contribution in [1.82, 2.24) is 19.1 Å². The van der Waals surface area contributed by atoms with E-state index in [4.69, 9.17) is 9.84 Å². The molecule has 0 unspecified atom stereocenters. The van der Waals surface area contributed by atoms with Crippen LogP contribution in [0, 0.1) is 0 Å². The van der Waals surface area contributed by atoms with E-state index >= 15 is 0 Å². The minimum absolute atomic E-state index is 0.0598. The molecule has 3 N–H and O–H groups in total. The average Bonchev–Trinajstić information content (AvgIpc) is 2.90. The Balaban J connectivity index is 2.51. The van der Waals surface area contributed by atoms with E-state index in [0.29, 0.717) is 37.7 Å². The highest BCUT2D eigenvalue weighted by Gasteiger charge is 2.15. The number of aromatic nitrogens is 4. The average molecular weight is 297 g/mol.